The van der Waals surface area contributed by atoms with Crippen LogP contribution in [-0.2, 0) is 11.3 Å². The van der Waals surface area contributed by atoms with Crippen LogP contribution >= 0.6 is 0 Å². The number of piperidine rings is 2. The van der Waals surface area contributed by atoms with Gasteiger partial charge in [-0.25, -0.2) is 4.79 Å². The number of unbranched alkanes of at least 4 members (excludes halogenated alkanes) is 1. The SMILES string of the molecule is CCCCC1N(Cc2ccccc2)C(=O)OC12CCN(C1CCN(C(=O)c3c(C)cccc3C)CC1)CC2. The Kier molecular flexibility index (Phi) is 8.08. The standard InChI is InChI=1S/C32H43N3O3/c1-4-5-14-28-32(38-31(37)35(28)23-26-12-7-6-8-13-26)17-21-33(22-18-32)27-15-19-34(20-16-27)30(36)29-24(2)10-9-11-25(29)3/h6-13,27-28H,4-5,14-23H2,1-3H3. The Balaban J connectivity index is 1.20. The lowest BCUT2D eigenvalue weighted by Crippen LogP contribution is -2.56. The quantitative estimate of drug-likeness (QED) is 0.455. The molecule has 1 atom stereocenters. The van der Waals surface area contributed by atoms with Crippen LogP contribution in [0.3, 0.4) is 0 Å². The fourth-order valence-electron chi connectivity index (χ4n) is 6.93. The summed E-state index contributed by atoms with van der Waals surface area (Å²) in [5.41, 5.74) is 3.76. The molecule has 3 saturated heterocycles. The van der Waals surface area contributed by atoms with Crippen LogP contribution in [0.15, 0.2) is 48.5 Å². The molecule has 1 spiro atoms. The van der Waals surface area contributed by atoms with Crippen LogP contribution in [0.4, 0.5) is 4.79 Å². The van der Waals surface area contributed by atoms with E-state index < -0.39 is 0 Å². The fourth-order valence-corrected chi connectivity index (χ4v) is 6.93. The van der Waals surface area contributed by atoms with Crippen molar-refractivity contribution in [3.05, 3.63) is 70.8 Å². The number of carbonyl (C=O) groups is 2. The second-order valence-electron chi connectivity index (χ2n) is 11.5. The molecule has 6 nitrogen and oxygen atoms in total. The molecule has 0 saturated carbocycles. The summed E-state index contributed by atoms with van der Waals surface area (Å²) in [6.45, 7) is 10.4. The monoisotopic (exact) mass is 517 g/mol. The summed E-state index contributed by atoms with van der Waals surface area (Å²) < 4.78 is 6.25. The van der Waals surface area contributed by atoms with Crippen molar-refractivity contribution in [3.63, 3.8) is 0 Å². The van der Waals surface area contributed by atoms with E-state index in [2.05, 4.69) is 24.0 Å². The minimum absolute atomic E-state index is 0.133. The van der Waals surface area contributed by atoms with E-state index in [0.717, 1.165) is 93.4 Å². The first kappa shape index (κ1) is 26.7. The highest BCUT2D eigenvalue weighted by molar-refractivity contribution is 5.97. The Labute approximate surface area is 227 Å². The Hall–Kier alpha value is -2.86. The van der Waals surface area contributed by atoms with Gasteiger partial charge in [0.2, 0.25) is 0 Å². The van der Waals surface area contributed by atoms with Gasteiger partial charge >= 0.3 is 6.09 Å². The molecule has 3 fully saturated rings. The highest BCUT2D eigenvalue weighted by Crippen LogP contribution is 2.42. The number of ether oxygens (including phenoxy) is 1. The zero-order valence-corrected chi connectivity index (χ0v) is 23.3. The van der Waals surface area contributed by atoms with E-state index in [1.807, 2.05) is 60.0 Å². The lowest BCUT2D eigenvalue weighted by atomic mass is 9.81. The fraction of sp³-hybridized carbons (Fsp3) is 0.562. The molecule has 3 heterocycles. The number of benzene rings is 2. The van der Waals surface area contributed by atoms with Crippen LogP contribution < -0.4 is 0 Å². The first-order valence-corrected chi connectivity index (χ1v) is 14.5. The molecule has 5 rings (SSSR count). The van der Waals surface area contributed by atoms with E-state index in [0.29, 0.717) is 12.6 Å². The molecule has 0 aliphatic carbocycles. The smallest absolute Gasteiger partial charge is 0.411 e. The Morgan fingerprint density at radius 2 is 1.61 bits per heavy atom. The van der Waals surface area contributed by atoms with Crippen LogP contribution in [-0.4, -0.2) is 70.6 Å². The van der Waals surface area contributed by atoms with Gasteiger partial charge in [-0.15, -0.1) is 0 Å². The average molecular weight is 518 g/mol. The number of hydrogen-bond acceptors (Lipinski definition) is 4. The van der Waals surface area contributed by atoms with E-state index >= 15 is 0 Å². The minimum atomic E-state index is -0.378. The van der Waals surface area contributed by atoms with Crippen LogP contribution in [0.2, 0.25) is 0 Å². The third-order valence-electron chi connectivity index (χ3n) is 9.14. The summed E-state index contributed by atoms with van der Waals surface area (Å²) in [6.07, 6.45) is 6.84. The summed E-state index contributed by atoms with van der Waals surface area (Å²) in [4.78, 5) is 33.0. The Morgan fingerprint density at radius 3 is 2.24 bits per heavy atom. The normalized spacial score (nSPS) is 22.2. The number of carbonyl (C=O) groups excluding carboxylic acids is 2. The summed E-state index contributed by atoms with van der Waals surface area (Å²) >= 11 is 0. The van der Waals surface area contributed by atoms with Gasteiger partial charge in [-0.2, -0.15) is 0 Å². The van der Waals surface area contributed by atoms with Gasteiger partial charge in [0.15, 0.2) is 0 Å². The number of nitrogens with zero attached hydrogens (tertiary/aromatic N) is 3. The summed E-state index contributed by atoms with van der Waals surface area (Å²) in [5.74, 6) is 0.173. The van der Waals surface area contributed by atoms with Gasteiger partial charge in [-0.05, 0) is 49.8 Å². The van der Waals surface area contributed by atoms with E-state index in [4.69, 9.17) is 4.74 Å². The predicted octanol–water partition coefficient (Wildman–Crippen LogP) is 5.95. The van der Waals surface area contributed by atoms with Crippen LogP contribution in [0.5, 0.6) is 0 Å². The molecule has 2 aromatic rings. The summed E-state index contributed by atoms with van der Waals surface area (Å²) in [5, 5.41) is 0. The number of likely N-dealkylation sites (tertiary alicyclic amines) is 2. The van der Waals surface area contributed by atoms with Crippen molar-refractivity contribution in [1.29, 1.82) is 0 Å². The molecule has 0 N–H and O–H groups in total. The molecule has 3 aliphatic rings. The van der Waals surface area contributed by atoms with Gasteiger partial charge < -0.3 is 9.64 Å². The van der Waals surface area contributed by atoms with Crippen molar-refractivity contribution in [2.45, 2.75) is 89.9 Å². The summed E-state index contributed by atoms with van der Waals surface area (Å²) in [7, 11) is 0. The second-order valence-corrected chi connectivity index (χ2v) is 11.5. The number of rotatable bonds is 7. The molecule has 3 aliphatic heterocycles. The van der Waals surface area contributed by atoms with Crippen molar-refractivity contribution in [3.8, 4) is 0 Å². The topological polar surface area (TPSA) is 53.1 Å². The average Bonchev–Trinajstić information content (AvgIpc) is 3.17. The van der Waals surface area contributed by atoms with E-state index in [1.54, 1.807) is 0 Å². The van der Waals surface area contributed by atoms with E-state index in [9.17, 15) is 9.59 Å². The Bertz CT molecular complexity index is 1100. The molecule has 2 aromatic carbocycles. The molecule has 0 aromatic heterocycles. The molecule has 2 amide bonds. The molecule has 6 heteroatoms. The molecule has 1 unspecified atom stereocenters. The number of aryl methyl sites for hydroxylation is 2. The molecule has 38 heavy (non-hydrogen) atoms. The second kappa shape index (κ2) is 11.5. The minimum Gasteiger partial charge on any atom is -0.440 e. The van der Waals surface area contributed by atoms with Crippen LogP contribution in [0.1, 0.15) is 78.9 Å². The number of hydrogen-bond donors (Lipinski definition) is 0. The van der Waals surface area contributed by atoms with Gasteiger partial charge in [0.1, 0.15) is 5.60 Å². The zero-order chi connectivity index (χ0) is 26.7. The first-order valence-electron chi connectivity index (χ1n) is 14.5. The highest BCUT2D eigenvalue weighted by atomic mass is 16.6. The van der Waals surface area contributed by atoms with Crippen molar-refractivity contribution in [2.75, 3.05) is 26.2 Å². The van der Waals surface area contributed by atoms with Gasteiger partial charge in [0, 0.05) is 57.2 Å². The molecule has 204 valence electrons. The predicted molar refractivity (Wildman–Crippen MR) is 150 cm³/mol. The van der Waals surface area contributed by atoms with Gasteiger partial charge in [0.25, 0.3) is 5.91 Å². The van der Waals surface area contributed by atoms with Crippen LogP contribution in [0, 0.1) is 13.8 Å². The molecular formula is C32H43N3O3. The lowest BCUT2D eigenvalue weighted by molar-refractivity contribution is -0.0383. The number of amides is 2. The molecular weight excluding hydrogens is 474 g/mol. The van der Waals surface area contributed by atoms with Crippen molar-refractivity contribution < 1.29 is 14.3 Å². The lowest BCUT2D eigenvalue weighted by Gasteiger charge is -2.46. The third kappa shape index (κ3) is 5.33. The largest absolute Gasteiger partial charge is 0.440 e. The zero-order valence-electron chi connectivity index (χ0n) is 23.3. The maximum atomic E-state index is 13.3. The van der Waals surface area contributed by atoms with Gasteiger partial charge in [-0.1, -0.05) is 68.3 Å². The van der Waals surface area contributed by atoms with E-state index in [-0.39, 0.29) is 23.6 Å². The van der Waals surface area contributed by atoms with Crippen molar-refractivity contribution >= 4 is 12.0 Å². The van der Waals surface area contributed by atoms with Gasteiger partial charge in [0.05, 0.1) is 6.04 Å². The van der Waals surface area contributed by atoms with Crippen molar-refractivity contribution in [2.24, 2.45) is 0 Å². The van der Waals surface area contributed by atoms with Gasteiger partial charge in [-0.3, -0.25) is 14.6 Å². The van der Waals surface area contributed by atoms with Crippen molar-refractivity contribution in [1.82, 2.24) is 14.7 Å². The Morgan fingerprint density at radius 1 is 0.947 bits per heavy atom. The maximum Gasteiger partial charge on any atom is 0.411 e. The maximum absolute atomic E-state index is 13.3. The van der Waals surface area contributed by atoms with E-state index in [1.165, 1.54) is 0 Å². The third-order valence-corrected chi connectivity index (χ3v) is 9.14. The highest BCUT2D eigenvalue weighted by Gasteiger charge is 2.54. The summed E-state index contributed by atoms with van der Waals surface area (Å²) in [6, 6.07) is 17.0. The first-order chi connectivity index (χ1) is 18.4. The molecule has 0 radical (unpaired) electrons. The van der Waals surface area contributed by atoms with Crippen LogP contribution in [0.25, 0.3) is 0 Å². The molecule has 0 bridgehead atoms.